The zero-order valence-corrected chi connectivity index (χ0v) is 12.3. The molecule has 6 heteroatoms. The molecule has 0 amide bonds. The molecule has 0 spiro atoms. The third-order valence-corrected chi connectivity index (χ3v) is 3.05. The molecular weight excluding hydrogens is 244 g/mol. The summed E-state index contributed by atoms with van der Waals surface area (Å²) in [4.78, 5) is 10.5. The van der Waals surface area contributed by atoms with Gasteiger partial charge in [0.1, 0.15) is 6.33 Å². The molecule has 1 rings (SSSR count). The first-order chi connectivity index (χ1) is 9.26. The zero-order chi connectivity index (χ0) is 14.1. The van der Waals surface area contributed by atoms with Crippen molar-refractivity contribution in [2.75, 3.05) is 40.4 Å². The molecule has 0 fully saturated rings. The Hall–Kier alpha value is -1.40. The molecule has 19 heavy (non-hydrogen) atoms. The summed E-state index contributed by atoms with van der Waals surface area (Å²) in [7, 11) is 3.20. The quantitative estimate of drug-likeness (QED) is 0.672. The first-order valence-electron chi connectivity index (χ1n) is 6.61. The lowest BCUT2D eigenvalue weighted by atomic mass is 10.3. The molecule has 1 heterocycles. The molecule has 0 bridgehead atoms. The molecule has 0 saturated carbocycles. The predicted molar refractivity (Wildman–Crippen MR) is 74.6 cm³/mol. The van der Waals surface area contributed by atoms with Gasteiger partial charge >= 0.3 is 0 Å². The van der Waals surface area contributed by atoms with E-state index in [4.69, 9.17) is 9.47 Å². The standard InChI is InChI=1S/C13H24N4O2/c1-5-17(6-2)8-7-14-9-11-12(18-3)15-10-16-13(11)19-4/h10,14H,5-9H2,1-4H3. The van der Waals surface area contributed by atoms with E-state index in [1.807, 2.05) is 0 Å². The van der Waals surface area contributed by atoms with Crippen LogP contribution in [0.15, 0.2) is 6.33 Å². The van der Waals surface area contributed by atoms with Crippen LogP contribution < -0.4 is 14.8 Å². The molecule has 0 aliphatic rings. The van der Waals surface area contributed by atoms with Gasteiger partial charge in [-0.1, -0.05) is 13.8 Å². The summed E-state index contributed by atoms with van der Waals surface area (Å²) < 4.78 is 10.5. The molecular formula is C13H24N4O2. The topological polar surface area (TPSA) is 59.5 Å². The van der Waals surface area contributed by atoms with E-state index in [0.717, 1.165) is 31.7 Å². The van der Waals surface area contributed by atoms with Crippen LogP contribution in [-0.2, 0) is 6.54 Å². The highest BCUT2D eigenvalue weighted by molar-refractivity contribution is 5.34. The first-order valence-corrected chi connectivity index (χ1v) is 6.61. The summed E-state index contributed by atoms with van der Waals surface area (Å²) in [6.07, 6.45) is 1.44. The molecule has 0 radical (unpaired) electrons. The second-order valence-electron chi connectivity index (χ2n) is 4.07. The highest BCUT2D eigenvalue weighted by Crippen LogP contribution is 2.22. The monoisotopic (exact) mass is 268 g/mol. The van der Waals surface area contributed by atoms with Gasteiger partial charge in [-0.05, 0) is 13.1 Å². The molecule has 6 nitrogen and oxygen atoms in total. The summed E-state index contributed by atoms with van der Waals surface area (Å²) in [6.45, 7) is 9.03. The Labute approximate surface area is 115 Å². The van der Waals surface area contributed by atoms with Crippen LogP contribution in [0.4, 0.5) is 0 Å². The van der Waals surface area contributed by atoms with Crippen LogP contribution in [-0.4, -0.2) is 55.3 Å². The summed E-state index contributed by atoms with van der Waals surface area (Å²) in [5.41, 5.74) is 0.854. The highest BCUT2D eigenvalue weighted by atomic mass is 16.5. The predicted octanol–water partition coefficient (Wildman–Crippen LogP) is 0.925. The van der Waals surface area contributed by atoms with Gasteiger partial charge in [0.25, 0.3) is 0 Å². The van der Waals surface area contributed by atoms with Crippen molar-refractivity contribution in [3.63, 3.8) is 0 Å². The van der Waals surface area contributed by atoms with E-state index in [1.165, 1.54) is 6.33 Å². The fourth-order valence-corrected chi connectivity index (χ4v) is 1.87. The lowest BCUT2D eigenvalue weighted by Crippen LogP contribution is -2.31. The van der Waals surface area contributed by atoms with E-state index >= 15 is 0 Å². The summed E-state index contributed by atoms with van der Waals surface area (Å²) in [6, 6.07) is 0. The van der Waals surface area contributed by atoms with Gasteiger partial charge in [0, 0.05) is 19.6 Å². The van der Waals surface area contributed by atoms with Crippen molar-refractivity contribution in [3.8, 4) is 11.8 Å². The van der Waals surface area contributed by atoms with E-state index in [9.17, 15) is 0 Å². The number of aromatic nitrogens is 2. The van der Waals surface area contributed by atoms with E-state index in [2.05, 4.69) is 34.0 Å². The lowest BCUT2D eigenvalue weighted by molar-refractivity contribution is 0.300. The van der Waals surface area contributed by atoms with E-state index < -0.39 is 0 Å². The largest absolute Gasteiger partial charge is 0.481 e. The SMILES string of the molecule is CCN(CC)CCNCc1c(OC)ncnc1OC. The Morgan fingerprint density at radius 1 is 1.11 bits per heavy atom. The van der Waals surface area contributed by atoms with Gasteiger partial charge in [0.2, 0.25) is 11.8 Å². The maximum Gasteiger partial charge on any atom is 0.224 e. The Kier molecular flexibility index (Phi) is 7.14. The molecule has 0 saturated heterocycles. The number of nitrogens with one attached hydrogen (secondary N) is 1. The first kappa shape index (κ1) is 15.7. The Bertz CT molecular complexity index is 347. The molecule has 0 aromatic carbocycles. The number of rotatable bonds is 9. The van der Waals surface area contributed by atoms with Gasteiger partial charge in [0.15, 0.2) is 0 Å². The summed E-state index contributed by atoms with van der Waals surface area (Å²) in [5.74, 6) is 1.12. The molecule has 0 aliphatic heterocycles. The van der Waals surface area contributed by atoms with Crippen LogP contribution in [0.5, 0.6) is 11.8 Å². The highest BCUT2D eigenvalue weighted by Gasteiger charge is 2.12. The Morgan fingerprint density at radius 2 is 1.68 bits per heavy atom. The van der Waals surface area contributed by atoms with Crippen molar-refractivity contribution < 1.29 is 9.47 Å². The average Bonchev–Trinajstić information content (AvgIpc) is 2.47. The minimum absolute atomic E-state index is 0.558. The maximum absolute atomic E-state index is 5.23. The Balaban J connectivity index is 2.52. The van der Waals surface area contributed by atoms with Crippen molar-refractivity contribution in [1.29, 1.82) is 0 Å². The van der Waals surface area contributed by atoms with Crippen molar-refractivity contribution in [2.45, 2.75) is 20.4 Å². The minimum atomic E-state index is 0.558. The molecule has 1 aromatic rings. The second kappa shape index (κ2) is 8.66. The van der Waals surface area contributed by atoms with Crippen molar-refractivity contribution in [3.05, 3.63) is 11.9 Å². The molecule has 1 aromatic heterocycles. The zero-order valence-electron chi connectivity index (χ0n) is 12.3. The van der Waals surface area contributed by atoms with Crippen LogP contribution >= 0.6 is 0 Å². The Morgan fingerprint density at radius 3 is 2.16 bits per heavy atom. The number of methoxy groups -OCH3 is 2. The third-order valence-electron chi connectivity index (χ3n) is 3.05. The van der Waals surface area contributed by atoms with Crippen molar-refractivity contribution in [1.82, 2.24) is 20.2 Å². The smallest absolute Gasteiger partial charge is 0.224 e. The van der Waals surface area contributed by atoms with E-state index in [0.29, 0.717) is 18.3 Å². The second-order valence-corrected chi connectivity index (χ2v) is 4.07. The van der Waals surface area contributed by atoms with Crippen LogP contribution in [0.1, 0.15) is 19.4 Å². The van der Waals surface area contributed by atoms with Crippen molar-refractivity contribution in [2.24, 2.45) is 0 Å². The van der Waals surface area contributed by atoms with E-state index in [1.54, 1.807) is 14.2 Å². The van der Waals surface area contributed by atoms with Crippen LogP contribution in [0.3, 0.4) is 0 Å². The van der Waals surface area contributed by atoms with Gasteiger partial charge in [-0.2, -0.15) is 0 Å². The lowest BCUT2D eigenvalue weighted by Gasteiger charge is -2.18. The van der Waals surface area contributed by atoms with Gasteiger partial charge < -0.3 is 19.7 Å². The minimum Gasteiger partial charge on any atom is -0.481 e. The normalized spacial score (nSPS) is 10.8. The number of hydrogen-bond acceptors (Lipinski definition) is 6. The average molecular weight is 268 g/mol. The van der Waals surface area contributed by atoms with Crippen molar-refractivity contribution >= 4 is 0 Å². The summed E-state index contributed by atoms with van der Waals surface area (Å²) in [5, 5.41) is 3.37. The molecule has 108 valence electrons. The molecule has 0 unspecified atom stereocenters. The van der Waals surface area contributed by atoms with Crippen LogP contribution in [0.2, 0.25) is 0 Å². The molecule has 0 atom stereocenters. The van der Waals surface area contributed by atoms with Gasteiger partial charge in [-0.25, -0.2) is 9.97 Å². The fourth-order valence-electron chi connectivity index (χ4n) is 1.87. The molecule has 0 aliphatic carbocycles. The number of hydrogen-bond donors (Lipinski definition) is 1. The summed E-state index contributed by atoms with van der Waals surface area (Å²) >= 11 is 0. The van der Waals surface area contributed by atoms with Crippen LogP contribution in [0, 0.1) is 0 Å². The number of ether oxygens (including phenoxy) is 2. The fraction of sp³-hybridized carbons (Fsp3) is 0.692. The van der Waals surface area contributed by atoms with Gasteiger partial charge in [0.05, 0.1) is 19.8 Å². The number of nitrogens with zero attached hydrogens (tertiary/aromatic N) is 3. The van der Waals surface area contributed by atoms with E-state index in [-0.39, 0.29) is 0 Å². The van der Waals surface area contributed by atoms with Crippen LogP contribution in [0.25, 0.3) is 0 Å². The maximum atomic E-state index is 5.23. The van der Waals surface area contributed by atoms with Gasteiger partial charge in [-0.15, -0.1) is 0 Å². The molecule has 1 N–H and O–H groups in total. The third kappa shape index (κ3) is 4.65. The number of likely N-dealkylation sites (N-methyl/N-ethyl adjacent to an activating group) is 1. The van der Waals surface area contributed by atoms with Gasteiger partial charge in [-0.3, -0.25) is 0 Å².